The Morgan fingerprint density at radius 1 is 1.33 bits per heavy atom. The molecule has 2 nitrogen and oxygen atoms in total. The minimum Gasteiger partial charge on any atom is -0.396 e. The van der Waals surface area contributed by atoms with Crippen LogP contribution in [0, 0.1) is 17.8 Å². The Morgan fingerprint density at radius 3 is 2.33 bits per heavy atom. The van der Waals surface area contributed by atoms with Gasteiger partial charge >= 0.3 is 0 Å². The Balaban J connectivity index is 2.32. The van der Waals surface area contributed by atoms with E-state index in [0.29, 0.717) is 18.4 Å². The SMILES string of the molecule is CC1CCC(C(CN)CO)CC1. The molecular weight excluding hydrogens is 150 g/mol. The van der Waals surface area contributed by atoms with Gasteiger partial charge in [-0.2, -0.15) is 0 Å². The molecule has 0 bridgehead atoms. The fourth-order valence-corrected chi connectivity index (χ4v) is 2.17. The number of nitrogens with two attached hydrogens (primary N) is 1. The zero-order valence-corrected chi connectivity index (χ0v) is 8.00. The normalized spacial score (nSPS) is 33.2. The Morgan fingerprint density at radius 2 is 1.92 bits per heavy atom. The molecule has 3 N–H and O–H groups in total. The third-order valence-electron chi connectivity index (χ3n) is 3.26. The minimum atomic E-state index is 0.273. The zero-order chi connectivity index (χ0) is 8.97. The average molecular weight is 171 g/mol. The summed E-state index contributed by atoms with van der Waals surface area (Å²) >= 11 is 0. The van der Waals surface area contributed by atoms with Crippen LogP contribution in [-0.4, -0.2) is 18.3 Å². The summed E-state index contributed by atoms with van der Waals surface area (Å²) in [6, 6.07) is 0. The van der Waals surface area contributed by atoms with Crippen LogP contribution < -0.4 is 5.73 Å². The molecule has 1 fully saturated rings. The predicted octanol–water partition coefficient (Wildman–Crippen LogP) is 1.38. The van der Waals surface area contributed by atoms with Crippen molar-refractivity contribution in [2.45, 2.75) is 32.6 Å². The van der Waals surface area contributed by atoms with Gasteiger partial charge in [0.25, 0.3) is 0 Å². The van der Waals surface area contributed by atoms with E-state index in [-0.39, 0.29) is 6.61 Å². The van der Waals surface area contributed by atoms with Crippen molar-refractivity contribution in [1.82, 2.24) is 0 Å². The van der Waals surface area contributed by atoms with Crippen molar-refractivity contribution in [2.24, 2.45) is 23.5 Å². The van der Waals surface area contributed by atoms with Gasteiger partial charge in [-0.1, -0.05) is 19.8 Å². The van der Waals surface area contributed by atoms with Gasteiger partial charge in [0.05, 0.1) is 0 Å². The predicted molar refractivity (Wildman–Crippen MR) is 50.8 cm³/mol. The second kappa shape index (κ2) is 4.83. The van der Waals surface area contributed by atoms with Crippen LogP contribution in [0.25, 0.3) is 0 Å². The second-order valence-corrected chi connectivity index (χ2v) is 4.20. The summed E-state index contributed by atoms with van der Waals surface area (Å²) in [5.74, 6) is 1.94. The van der Waals surface area contributed by atoms with Crippen LogP contribution in [0.1, 0.15) is 32.6 Å². The highest BCUT2D eigenvalue weighted by Crippen LogP contribution is 2.32. The number of rotatable bonds is 3. The van der Waals surface area contributed by atoms with Crippen molar-refractivity contribution in [3.63, 3.8) is 0 Å². The summed E-state index contributed by atoms with van der Waals surface area (Å²) < 4.78 is 0. The van der Waals surface area contributed by atoms with Crippen molar-refractivity contribution < 1.29 is 5.11 Å². The van der Waals surface area contributed by atoms with Crippen LogP contribution in [-0.2, 0) is 0 Å². The fraction of sp³-hybridized carbons (Fsp3) is 1.00. The molecule has 0 saturated heterocycles. The number of hydrogen-bond donors (Lipinski definition) is 2. The molecule has 0 aromatic heterocycles. The molecule has 0 spiro atoms. The molecule has 1 unspecified atom stereocenters. The van der Waals surface area contributed by atoms with E-state index in [1.54, 1.807) is 0 Å². The van der Waals surface area contributed by atoms with Crippen LogP contribution in [0.15, 0.2) is 0 Å². The summed E-state index contributed by atoms with van der Waals surface area (Å²) in [4.78, 5) is 0. The van der Waals surface area contributed by atoms with Crippen molar-refractivity contribution in [3.8, 4) is 0 Å². The van der Waals surface area contributed by atoms with Gasteiger partial charge < -0.3 is 10.8 Å². The first kappa shape index (κ1) is 10.0. The van der Waals surface area contributed by atoms with Crippen molar-refractivity contribution >= 4 is 0 Å². The Labute approximate surface area is 75.2 Å². The Bertz CT molecular complexity index is 115. The highest BCUT2D eigenvalue weighted by molar-refractivity contribution is 4.76. The summed E-state index contributed by atoms with van der Waals surface area (Å²) in [5, 5.41) is 9.06. The monoisotopic (exact) mass is 171 g/mol. The molecule has 1 saturated carbocycles. The van der Waals surface area contributed by atoms with Gasteiger partial charge in [-0.3, -0.25) is 0 Å². The van der Waals surface area contributed by atoms with Gasteiger partial charge in [0.15, 0.2) is 0 Å². The first-order valence-corrected chi connectivity index (χ1v) is 5.08. The number of aliphatic hydroxyl groups is 1. The second-order valence-electron chi connectivity index (χ2n) is 4.20. The highest BCUT2D eigenvalue weighted by atomic mass is 16.3. The smallest absolute Gasteiger partial charge is 0.0473 e. The molecule has 0 aromatic rings. The maximum atomic E-state index is 9.06. The van der Waals surface area contributed by atoms with Gasteiger partial charge in [0, 0.05) is 6.61 Å². The summed E-state index contributed by atoms with van der Waals surface area (Å²) in [6.45, 7) is 3.23. The summed E-state index contributed by atoms with van der Waals surface area (Å²) in [6.07, 6.45) is 5.18. The Kier molecular flexibility index (Phi) is 4.02. The van der Waals surface area contributed by atoms with Gasteiger partial charge in [0.1, 0.15) is 0 Å². The molecule has 0 radical (unpaired) electrons. The van der Waals surface area contributed by atoms with Crippen LogP contribution in [0.3, 0.4) is 0 Å². The van der Waals surface area contributed by atoms with Crippen molar-refractivity contribution in [3.05, 3.63) is 0 Å². The third kappa shape index (κ3) is 2.46. The Hall–Kier alpha value is -0.0800. The summed E-state index contributed by atoms with van der Waals surface area (Å²) in [7, 11) is 0. The highest BCUT2D eigenvalue weighted by Gasteiger charge is 2.24. The molecule has 2 heteroatoms. The van der Waals surface area contributed by atoms with E-state index in [4.69, 9.17) is 10.8 Å². The van der Waals surface area contributed by atoms with Crippen molar-refractivity contribution in [1.29, 1.82) is 0 Å². The molecule has 1 aliphatic carbocycles. The molecule has 0 aliphatic heterocycles. The standard InChI is InChI=1S/C10H21NO/c1-8-2-4-9(5-3-8)10(6-11)7-12/h8-10,12H,2-7,11H2,1H3. The number of aliphatic hydroxyl groups excluding tert-OH is 1. The number of hydrogen-bond acceptors (Lipinski definition) is 2. The largest absolute Gasteiger partial charge is 0.396 e. The van der Waals surface area contributed by atoms with E-state index in [1.165, 1.54) is 25.7 Å². The molecule has 72 valence electrons. The lowest BCUT2D eigenvalue weighted by molar-refractivity contribution is 0.139. The van der Waals surface area contributed by atoms with Crippen LogP contribution in [0.2, 0.25) is 0 Å². The molecule has 1 rings (SSSR count). The molecule has 12 heavy (non-hydrogen) atoms. The topological polar surface area (TPSA) is 46.2 Å². The average Bonchev–Trinajstić information content (AvgIpc) is 2.10. The molecular formula is C10H21NO. The van der Waals surface area contributed by atoms with E-state index in [2.05, 4.69) is 6.92 Å². The van der Waals surface area contributed by atoms with E-state index < -0.39 is 0 Å². The lowest BCUT2D eigenvalue weighted by Gasteiger charge is -2.31. The third-order valence-corrected chi connectivity index (χ3v) is 3.26. The zero-order valence-electron chi connectivity index (χ0n) is 8.00. The molecule has 1 atom stereocenters. The maximum Gasteiger partial charge on any atom is 0.0473 e. The summed E-state index contributed by atoms with van der Waals surface area (Å²) in [5.41, 5.74) is 5.59. The maximum absolute atomic E-state index is 9.06. The van der Waals surface area contributed by atoms with E-state index >= 15 is 0 Å². The lowest BCUT2D eigenvalue weighted by Crippen LogP contribution is -2.29. The molecule has 0 heterocycles. The van der Waals surface area contributed by atoms with E-state index in [0.717, 1.165) is 5.92 Å². The van der Waals surface area contributed by atoms with E-state index in [9.17, 15) is 0 Å². The van der Waals surface area contributed by atoms with Gasteiger partial charge in [-0.05, 0) is 37.1 Å². The van der Waals surface area contributed by atoms with E-state index in [1.807, 2.05) is 0 Å². The minimum absolute atomic E-state index is 0.273. The molecule has 0 aromatic carbocycles. The quantitative estimate of drug-likeness (QED) is 0.674. The first-order valence-electron chi connectivity index (χ1n) is 5.08. The van der Waals surface area contributed by atoms with Gasteiger partial charge in [-0.15, -0.1) is 0 Å². The van der Waals surface area contributed by atoms with Gasteiger partial charge in [0.2, 0.25) is 0 Å². The fourth-order valence-electron chi connectivity index (χ4n) is 2.17. The first-order chi connectivity index (χ1) is 5.77. The van der Waals surface area contributed by atoms with Crippen LogP contribution in [0.4, 0.5) is 0 Å². The van der Waals surface area contributed by atoms with Crippen molar-refractivity contribution in [2.75, 3.05) is 13.2 Å². The van der Waals surface area contributed by atoms with Gasteiger partial charge in [-0.25, -0.2) is 0 Å². The molecule has 0 amide bonds. The molecule has 1 aliphatic rings. The van der Waals surface area contributed by atoms with Crippen LogP contribution in [0.5, 0.6) is 0 Å². The lowest BCUT2D eigenvalue weighted by atomic mass is 9.76. The van der Waals surface area contributed by atoms with Crippen LogP contribution >= 0.6 is 0 Å².